The number of aromatic amines is 1. The number of nitrogens with two attached hydrogens (primary N) is 1. The largest absolute Gasteiger partial charge is 0.505 e. The van der Waals surface area contributed by atoms with Gasteiger partial charge in [-0.1, -0.05) is 17.7 Å². The van der Waals surface area contributed by atoms with Crippen LogP contribution in [0, 0.1) is 0 Å². The maximum absolute atomic E-state index is 12.1. The number of aromatic hydroxyl groups is 1. The minimum absolute atomic E-state index is 0.0110. The van der Waals surface area contributed by atoms with Crippen LogP contribution in [0.5, 0.6) is 5.75 Å². The molecular weight excluding hydrogens is 296 g/mol. The molecule has 1 amide bonds. The number of amides is 1. The molecule has 0 aliphatic rings. The van der Waals surface area contributed by atoms with Gasteiger partial charge in [0.15, 0.2) is 16.5 Å². The molecule has 1 aromatic carbocycles. The molecule has 0 bridgehead atoms. The number of benzene rings is 1. The maximum Gasteiger partial charge on any atom is 0.261 e. The Labute approximate surface area is 123 Å². The molecule has 3 aromatic rings. The number of hydrogen-bond acceptors (Lipinski definition) is 6. The molecule has 21 heavy (non-hydrogen) atoms. The van der Waals surface area contributed by atoms with E-state index < -0.39 is 5.91 Å². The molecule has 0 aliphatic heterocycles. The second kappa shape index (κ2) is 4.91. The highest BCUT2D eigenvalue weighted by atomic mass is 35.5. The van der Waals surface area contributed by atoms with Crippen molar-refractivity contribution in [3.63, 3.8) is 0 Å². The molecule has 9 heteroatoms. The number of para-hydroxylation sites is 1. The van der Waals surface area contributed by atoms with E-state index in [0.717, 1.165) is 0 Å². The van der Waals surface area contributed by atoms with Gasteiger partial charge < -0.3 is 15.8 Å². The topological polar surface area (TPSA) is 130 Å². The van der Waals surface area contributed by atoms with Gasteiger partial charge in [0.1, 0.15) is 5.52 Å². The molecule has 0 radical (unpaired) electrons. The summed E-state index contributed by atoms with van der Waals surface area (Å²) < 4.78 is 0. The second-order valence-corrected chi connectivity index (χ2v) is 4.49. The predicted molar refractivity (Wildman–Crippen MR) is 77.2 cm³/mol. The molecule has 0 spiro atoms. The number of rotatable bonds is 2. The lowest BCUT2D eigenvalue weighted by Crippen LogP contribution is -2.15. The van der Waals surface area contributed by atoms with E-state index in [9.17, 15) is 9.90 Å². The van der Waals surface area contributed by atoms with Crippen molar-refractivity contribution < 1.29 is 9.90 Å². The Morgan fingerprint density at radius 2 is 2.19 bits per heavy atom. The number of nitrogen functional groups attached to an aromatic ring is 1. The summed E-state index contributed by atoms with van der Waals surface area (Å²) in [6.45, 7) is 0. The zero-order valence-electron chi connectivity index (χ0n) is 10.5. The summed E-state index contributed by atoms with van der Waals surface area (Å²) in [6, 6.07) is 4.46. The van der Waals surface area contributed by atoms with E-state index in [1.165, 1.54) is 18.5 Å². The number of phenolic OH excluding ortho intramolecular Hbond substituents is 1. The van der Waals surface area contributed by atoms with E-state index in [1.54, 1.807) is 6.07 Å². The Hall–Kier alpha value is -2.87. The fourth-order valence-electron chi connectivity index (χ4n) is 1.77. The normalized spacial score (nSPS) is 10.7. The summed E-state index contributed by atoms with van der Waals surface area (Å²) in [5.74, 6) is -0.931. The monoisotopic (exact) mass is 304 g/mol. The fraction of sp³-hybridized carbons (Fsp3) is 0. The number of carbonyl (C=O) groups is 1. The molecule has 5 N–H and O–H groups in total. The van der Waals surface area contributed by atoms with Crippen molar-refractivity contribution in [1.82, 2.24) is 19.9 Å². The van der Waals surface area contributed by atoms with Crippen LogP contribution in [0.1, 0.15) is 10.4 Å². The van der Waals surface area contributed by atoms with Crippen LogP contribution in [-0.2, 0) is 0 Å². The maximum atomic E-state index is 12.1. The molecule has 2 aromatic heterocycles. The van der Waals surface area contributed by atoms with E-state index in [-0.39, 0.29) is 28.1 Å². The number of carbonyl (C=O) groups excluding carboxylic acids is 1. The third kappa shape index (κ3) is 2.32. The highest BCUT2D eigenvalue weighted by Gasteiger charge is 2.16. The molecule has 0 unspecified atom stereocenters. The van der Waals surface area contributed by atoms with Crippen LogP contribution in [0.2, 0.25) is 5.15 Å². The average Bonchev–Trinajstić information content (AvgIpc) is 2.90. The second-order valence-electron chi connectivity index (χ2n) is 4.14. The van der Waals surface area contributed by atoms with Crippen molar-refractivity contribution in [3.8, 4) is 5.75 Å². The van der Waals surface area contributed by atoms with Crippen molar-refractivity contribution >= 4 is 40.3 Å². The van der Waals surface area contributed by atoms with Gasteiger partial charge in [-0.05, 0) is 12.1 Å². The Kier molecular flexibility index (Phi) is 3.07. The summed E-state index contributed by atoms with van der Waals surface area (Å²) in [6.07, 6.45) is 1.42. The van der Waals surface area contributed by atoms with E-state index in [0.29, 0.717) is 11.2 Å². The Morgan fingerprint density at radius 3 is 3.00 bits per heavy atom. The van der Waals surface area contributed by atoms with Crippen LogP contribution in [0.4, 0.5) is 11.6 Å². The number of phenols is 1. The average molecular weight is 305 g/mol. The van der Waals surface area contributed by atoms with Gasteiger partial charge >= 0.3 is 0 Å². The number of H-pyrrole nitrogens is 1. The summed E-state index contributed by atoms with van der Waals surface area (Å²) in [4.78, 5) is 26.8. The van der Waals surface area contributed by atoms with E-state index in [1.807, 2.05) is 0 Å². The number of nitrogens with zero attached hydrogens (tertiary/aromatic N) is 3. The molecule has 2 heterocycles. The molecule has 0 saturated heterocycles. The third-order valence-electron chi connectivity index (χ3n) is 2.78. The van der Waals surface area contributed by atoms with E-state index in [4.69, 9.17) is 17.3 Å². The summed E-state index contributed by atoms with van der Waals surface area (Å²) in [5, 5.41) is 12.3. The van der Waals surface area contributed by atoms with Gasteiger partial charge in [-0.2, -0.15) is 9.97 Å². The first-order valence-corrected chi connectivity index (χ1v) is 6.19. The van der Waals surface area contributed by atoms with Gasteiger partial charge in [-0.25, -0.2) is 4.98 Å². The summed E-state index contributed by atoms with van der Waals surface area (Å²) in [5.41, 5.74) is 6.45. The summed E-state index contributed by atoms with van der Waals surface area (Å²) >= 11 is 5.95. The first-order chi connectivity index (χ1) is 10.1. The molecule has 106 valence electrons. The van der Waals surface area contributed by atoms with Crippen LogP contribution in [0.3, 0.4) is 0 Å². The zero-order valence-corrected chi connectivity index (χ0v) is 11.2. The van der Waals surface area contributed by atoms with Gasteiger partial charge in [-0.15, -0.1) is 0 Å². The number of nitrogens with one attached hydrogen (secondary N) is 2. The first-order valence-electron chi connectivity index (χ1n) is 5.81. The zero-order chi connectivity index (χ0) is 15.0. The SMILES string of the molecule is Nc1cccc(C(=O)Nc2nc(Cl)c3[nH]cnc3n2)c1O. The van der Waals surface area contributed by atoms with Gasteiger partial charge in [0.05, 0.1) is 17.6 Å². The minimum Gasteiger partial charge on any atom is -0.505 e. The van der Waals surface area contributed by atoms with Crippen LogP contribution in [-0.4, -0.2) is 30.9 Å². The van der Waals surface area contributed by atoms with Crippen LogP contribution >= 0.6 is 11.6 Å². The first kappa shape index (κ1) is 13.1. The standard InChI is InChI=1S/C12H9ClN6O2/c13-9-7-10(16-4-15-7)18-12(17-9)19-11(21)5-2-1-3-6(14)8(5)20/h1-4,20H,14H2,(H2,15,16,17,18,19,21). The highest BCUT2D eigenvalue weighted by molar-refractivity contribution is 6.33. The quantitative estimate of drug-likeness (QED) is 0.323. The Bertz CT molecular complexity index is 847. The predicted octanol–water partition coefficient (Wildman–Crippen LogP) is 1.55. The lowest BCUT2D eigenvalue weighted by molar-refractivity contribution is 0.102. The molecule has 0 saturated carbocycles. The van der Waals surface area contributed by atoms with Gasteiger partial charge in [0.25, 0.3) is 5.91 Å². The smallest absolute Gasteiger partial charge is 0.261 e. The van der Waals surface area contributed by atoms with Gasteiger partial charge in [-0.3, -0.25) is 10.1 Å². The van der Waals surface area contributed by atoms with Crippen LogP contribution in [0.25, 0.3) is 11.2 Å². The van der Waals surface area contributed by atoms with Crippen molar-refractivity contribution in [3.05, 3.63) is 35.2 Å². The minimum atomic E-state index is -0.606. The lowest BCUT2D eigenvalue weighted by Gasteiger charge is -2.07. The number of anilines is 2. The van der Waals surface area contributed by atoms with Crippen molar-refractivity contribution in [1.29, 1.82) is 0 Å². The third-order valence-corrected chi connectivity index (χ3v) is 3.05. The number of imidazole rings is 1. The van der Waals surface area contributed by atoms with Crippen LogP contribution < -0.4 is 11.1 Å². The molecule has 0 fully saturated rings. The molecular formula is C12H9ClN6O2. The van der Waals surface area contributed by atoms with Gasteiger partial charge in [0.2, 0.25) is 5.95 Å². The number of aromatic nitrogens is 4. The molecule has 3 rings (SSSR count). The van der Waals surface area contributed by atoms with Crippen LogP contribution in [0.15, 0.2) is 24.5 Å². The van der Waals surface area contributed by atoms with Gasteiger partial charge in [0, 0.05) is 0 Å². The number of hydrogen-bond donors (Lipinski definition) is 4. The van der Waals surface area contributed by atoms with Crippen molar-refractivity contribution in [2.75, 3.05) is 11.1 Å². The lowest BCUT2D eigenvalue weighted by atomic mass is 10.1. The fourth-order valence-corrected chi connectivity index (χ4v) is 1.99. The molecule has 8 nitrogen and oxygen atoms in total. The molecule has 0 atom stereocenters. The summed E-state index contributed by atoms with van der Waals surface area (Å²) in [7, 11) is 0. The Morgan fingerprint density at radius 1 is 1.38 bits per heavy atom. The highest BCUT2D eigenvalue weighted by Crippen LogP contribution is 2.25. The number of fused-ring (bicyclic) bond motifs is 1. The Balaban J connectivity index is 1.94. The number of halogens is 1. The molecule has 0 aliphatic carbocycles. The van der Waals surface area contributed by atoms with E-state index in [2.05, 4.69) is 25.3 Å². The van der Waals surface area contributed by atoms with Crippen molar-refractivity contribution in [2.45, 2.75) is 0 Å². The van der Waals surface area contributed by atoms with Crippen molar-refractivity contribution in [2.24, 2.45) is 0 Å². The van der Waals surface area contributed by atoms with E-state index >= 15 is 0 Å².